The number of hydrogen-bond acceptors (Lipinski definition) is 5. The molecule has 2 aromatic rings. The predicted molar refractivity (Wildman–Crippen MR) is 100 cm³/mol. The molecule has 144 valence electrons. The fourth-order valence-corrected chi connectivity index (χ4v) is 3.63. The van der Waals surface area contributed by atoms with Crippen LogP contribution >= 0.6 is 11.8 Å². The highest BCUT2D eigenvalue weighted by Gasteiger charge is 2.23. The van der Waals surface area contributed by atoms with E-state index in [1.54, 1.807) is 13.8 Å². The van der Waals surface area contributed by atoms with Gasteiger partial charge in [-0.25, -0.2) is 8.78 Å². The monoisotopic (exact) mass is 396 g/mol. The lowest BCUT2D eigenvalue weighted by Crippen LogP contribution is -2.23. The molecule has 0 bridgehead atoms. The van der Waals surface area contributed by atoms with Crippen molar-refractivity contribution in [2.45, 2.75) is 24.3 Å². The number of nitrogens with zero attached hydrogens (tertiary/aromatic N) is 1. The van der Waals surface area contributed by atoms with E-state index in [-0.39, 0.29) is 22.7 Å². The Morgan fingerprint density at radius 1 is 1.22 bits per heavy atom. The number of benzene rings is 2. The van der Waals surface area contributed by atoms with Crippen LogP contribution in [0.5, 0.6) is 5.75 Å². The molecule has 0 aliphatic carbocycles. The molecule has 2 rings (SSSR count). The molecule has 0 fully saturated rings. The molecule has 0 spiro atoms. The lowest BCUT2D eigenvalue weighted by molar-refractivity contribution is -0.384. The van der Waals surface area contributed by atoms with Crippen LogP contribution < -0.4 is 10.1 Å². The number of halogens is 2. The highest BCUT2D eigenvalue weighted by Crippen LogP contribution is 2.36. The van der Waals surface area contributed by atoms with Gasteiger partial charge in [0.2, 0.25) is 5.91 Å². The van der Waals surface area contributed by atoms with Gasteiger partial charge in [-0.15, -0.1) is 11.8 Å². The Labute approximate surface area is 159 Å². The normalized spacial score (nSPS) is 12.9. The summed E-state index contributed by atoms with van der Waals surface area (Å²) in [4.78, 5) is 22.8. The Balaban J connectivity index is 2.14. The van der Waals surface area contributed by atoms with Crippen molar-refractivity contribution in [3.05, 3.63) is 63.7 Å². The van der Waals surface area contributed by atoms with Gasteiger partial charge in [0.15, 0.2) is 0 Å². The van der Waals surface area contributed by atoms with Crippen molar-refractivity contribution in [1.82, 2.24) is 0 Å². The number of rotatable bonds is 7. The molecule has 0 aliphatic rings. The first-order valence-corrected chi connectivity index (χ1v) is 8.91. The van der Waals surface area contributed by atoms with Crippen LogP contribution in [0.25, 0.3) is 0 Å². The first kappa shape index (κ1) is 20.6. The molecule has 0 saturated carbocycles. The summed E-state index contributed by atoms with van der Waals surface area (Å²) < 4.78 is 32.9. The molecular formula is C18H18F2N2O4S. The van der Waals surface area contributed by atoms with Gasteiger partial charge in [0.25, 0.3) is 5.69 Å². The number of nitrogens with one attached hydrogen (secondary N) is 1. The van der Waals surface area contributed by atoms with Gasteiger partial charge in [-0.3, -0.25) is 14.9 Å². The molecule has 1 amide bonds. The van der Waals surface area contributed by atoms with Crippen LogP contribution in [0.15, 0.2) is 36.4 Å². The Morgan fingerprint density at radius 3 is 2.41 bits per heavy atom. The summed E-state index contributed by atoms with van der Waals surface area (Å²) in [7, 11) is 1.37. The summed E-state index contributed by atoms with van der Waals surface area (Å²) in [5.74, 6) is -1.56. The minimum absolute atomic E-state index is 0.102. The molecule has 2 unspecified atom stereocenters. The largest absolute Gasteiger partial charge is 0.495 e. The third-order valence-corrected chi connectivity index (χ3v) is 5.10. The summed E-state index contributed by atoms with van der Waals surface area (Å²) >= 11 is 1.07. The standard InChI is InChI=1S/C18H18F2N2O4S/c1-10(17-13(19)5-4-6-14(17)20)27-11(2)18(23)21-15-9-12(22(24)25)7-8-16(15)26-3/h4-11H,1-3H3,(H,21,23). The zero-order valence-electron chi connectivity index (χ0n) is 14.9. The van der Waals surface area contributed by atoms with Gasteiger partial charge in [-0.05, 0) is 32.0 Å². The molecule has 0 aliphatic heterocycles. The lowest BCUT2D eigenvalue weighted by atomic mass is 10.1. The van der Waals surface area contributed by atoms with Crippen LogP contribution in [0.1, 0.15) is 24.7 Å². The molecule has 6 nitrogen and oxygen atoms in total. The van der Waals surface area contributed by atoms with Gasteiger partial charge >= 0.3 is 0 Å². The summed E-state index contributed by atoms with van der Waals surface area (Å²) in [6.07, 6.45) is 0. The Hall–Kier alpha value is -2.68. The van der Waals surface area contributed by atoms with Crippen LogP contribution in [0, 0.1) is 21.7 Å². The van der Waals surface area contributed by atoms with E-state index in [9.17, 15) is 23.7 Å². The second-order valence-corrected chi connectivity index (χ2v) is 7.37. The quantitative estimate of drug-likeness (QED) is 0.542. The molecule has 2 aromatic carbocycles. The SMILES string of the molecule is COc1ccc([N+](=O)[O-])cc1NC(=O)C(C)SC(C)c1c(F)cccc1F. The number of hydrogen-bond donors (Lipinski definition) is 1. The third kappa shape index (κ3) is 4.94. The maximum atomic E-state index is 13.9. The third-order valence-electron chi connectivity index (χ3n) is 3.84. The number of nitro benzene ring substituents is 1. The Bertz CT molecular complexity index is 843. The number of thioether (sulfide) groups is 1. The number of nitro groups is 1. The van der Waals surface area contributed by atoms with Gasteiger partial charge < -0.3 is 10.1 Å². The van der Waals surface area contributed by atoms with Crippen LogP contribution in [-0.4, -0.2) is 23.2 Å². The van der Waals surface area contributed by atoms with Crippen LogP contribution in [0.4, 0.5) is 20.2 Å². The van der Waals surface area contributed by atoms with E-state index in [0.29, 0.717) is 0 Å². The molecular weight excluding hydrogens is 378 g/mol. The first-order chi connectivity index (χ1) is 12.7. The van der Waals surface area contributed by atoms with Crippen molar-refractivity contribution < 1.29 is 23.2 Å². The fourth-order valence-electron chi connectivity index (χ4n) is 2.48. The van der Waals surface area contributed by atoms with Crippen molar-refractivity contribution in [3.8, 4) is 5.75 Å². The smallest absolute Gasteiger partial charge is 0.271 e. The van der Waals surface area contributed by atoms with E-state index in [4.69, 9.17) is 4.74 Å². The number of carbonyl (C=O) groups excluding carboxylic acids is 1. The number of amides is 1. The summed E-state index contributed by atoms with van der Waals surface area (Å²) in [5, 5.41) is 12.2. The van der Waals surface area contributed by atoms with Crippen LogP contribution in [0.3, 0.4) is 0 Å². The highest BCUT2D eigenvalue weighted by molar-refractivity contribution is 8.00. The van der Waals surface area contributed by atoms with Crippen LogP contribution in [0.2, 0.25) is 0 Å². The van der Waals surface area contributed by atoms with E-state index >= 15 is 0 Å². The fraction of sp³-hybridized carbons (Fsp3) is 0.278. The van der Waals surface area contributed by atoms with Gasteiger partial charge in [0.05, 0.1) is 23.0 Å². The topological polar surface area (TPSA) is 81.5 Å². The minimum atomic E-state index is -0.678. The van der Waals surface area contributed by atoms with E-state index in [0.717, 1.165) is 23.9 Å². The van der Waals surface area contributed by atoms with Gasteiger partial charge in [-0.2, -0.15) is 0 Å². The van der Waals surface area contributed by atoms with E-state index in [1.165, 1.54) is 31.4 Å². The maximum Gasteiger partial charge on any atom is 0.271 e. The van der Waals surface area contributed by atoms with Crippen molar-refractivity contribution >= 4 is 29.0 Å². The van der Waals surface area contributed by atoms with E-state index in [1.807, 2.05) is 0 Å². The van der Waals surface area contributed by atoms with Gasteiger partial charge in [-0.1, -0.05) is 6.07 Å². The highest BCUT2D eigenvalue weighted by atomic mass is 32.2. The summed E-state index contributed by atoms with van der Waals surface area (Å²) in [6.45, 7) is 3.18. The number of methoxy groups -OCH3 is 1. The number of carbonyl (C=O) groups is 1. The summed E-state index contributed by atoms with van der Waals surface area (Å²) in [5.41, 5.74) is -0.155. The van der Waals surface area contributed by atoms with Crippen molar-refractivity contribution in [1.29, 1.82) is 0 Å². The molecule has 27 heavy (non-hydrogen) atoms. The second kappa shape index (κ2) is 8.81. The van der Waals surface area contributed by atoms with E-state index in [2.05, 4.69) is 5.32 Å². The molecule has 9 heteroatoms. The predicted octanol–water partition coefficient (Wildman–Crippen LogP) is 4.70. The average molecular weight is 396 g/mol. The Morgan fingerprint density at radius 2 is 1.85 bits per heavy atom. The molecule has 0 aromatic heterocycles. The zero-order valence-corrected chi connectivity index (χ0v) is 15.7. The number of non-ortho nitro benzene ring substituents is 1. The van der Waals surface area contributed by atoms with Crippen molar-refractivity contribution in [3.63, 3.8) is 0 Å². The lowest BCUT2D eigenvalue weighted by Gasteiger charge is -2.19. The minimum Gasteiger partial charge on any atom is -0.495 e. The first-order valence-electron chi connectivity index (χ1n) is 7.97. The van der Waals surface area contributed by atoms with E-state index < -0.39 is 33.0 Å². The number of ether oxygens (including phenoxy) is 1. The maximum absolute atomic E-state index is 13.9. The zero-order chi connectivity index (χ0) is 20.1. The van der Waals surface area contributed by atoms with Gasteiger partial charge in [0.1, 0.15) is 17.4 Å². The van der Waals surface area contributed by atoms with Gasteiger partial charge in [0, 0.05) is 22.9 Å². The van der Waals surface area contributed by atoms with Crippen molar-refractivity contribution in [2.24, 2.45) is 0 Å². The molecule has 2 atom stereocenters. The summed E-state index contributed by atoms with van der Waals surface area (Å²) in [6, 6.07) is 7.42. The molecule has 0 radical (unpaired) electrons. The molecule has 0 heterocycles. The number of anilines is 1. The Kier molecular flexibility index (Phi) is 6.73. The second-order valence-electron chi connectivity index (χ2n) is 5.69. The molecule has 1 N–H and O–H groups in total. The van der Waals surface area contributed by atoms with Crippen LogP contribution in [-0.2, 0) is 4.79 Å². The average Bonchev–Trinajstić information content (AvgIpc) is 2.61. The molecule has 0 saturated heterocycles. The van der Waals surface area contributed by atoms with Crippen molar-refractivity contribution in [2.75, 3.05) is 12.4 Å².